The molecule has 4 heteroatoms. The molecule has 1 aromatic heterocycles. The SMILES string of the molecule is Clc1ccc(CN2CCC3CNCC3C2)s1. The van der Waals surface area contributed by atoms with E-state index in [2.05, 4.69) is 16.3 Å². The molecule has 0 bridgehead atoms. The first-order valence-electron chi connectivity index (χ1n) is 5.98. The lowest BCUT2D eigenvalue weighted by Crippen LogP contribution is -2.39. The number of thiophene rings is 1. The lowest BCUT2D eigenvalue weighted by atomic mass is 9.89. The molecule has 0 amide bonds. The van der Waals surface area contributed by atoms with Gasteiger partial charge >= 0.3 is 0 Å². The van der Waals surface area contributed by atoms with Crippen molar-refractivity contribution in [3.63, 3.8) is 0 Å². The predicted molar refractivity (Wildman–Crippen MR) is 69.1 cm³/mol. The predicted octanol–water partition coefficient (Wildman–Crippen LogP) is 2.44. The monoisotopic (exact) mass is 256 g/mol. The van der Waals surface area contributed by atoms with Gasteiger partial charge in [-0.2, -0.15) is 0 Å². The van der Waals surface area contributed by atoms with Gasteiger partial charge in [-0.25, -0.2) is 0 Å². The zero-order valence-electron chi connectivity index (χ0n) is 9.29. The zero-order valence-corrected chi connectivity index (χ0v) is 10.9. The molecule has 0 aliphatic carbocycles. The van der Waals surface area contributed by atoms with E-state index in [-0.39, 0.29) is 0 Å². The second-order valence-electron chi connectivity index (χ2n) is 4.91. The first-order valence-corrected chi connectivity index (χ1v) is 7.18. The van der Waals surface area contributed by atoms with Crippen molar-refractivity contribution >= 4 is 22.9 Å². The molecule has 1 aromatic rings. The molecule has 2 saturated heterocycles. The maximum atomic E-state index is 5.96. The van der Waals surface area contributed by atoms with Gasteiger partial charge < -0.3 is 5.32 Å². The number of piperidine rings is 1. The Morgan fingerprint density at radius 1 is 1.38 bits per heavy atom. The maximum Gasteiger partial charge on any atom is 0.0931 e. The highest BCUT2D eigenvalue weighted by molar-refractivity contribution is 7.16. The molecule has 2 aliphatic heterocycles. The van der Waals surface area contributed by atoms with Crippen LogP contribution in [0.1, 0.15) is 11.3 Å². The van der Waals surface area contributed by atoms with E-state index in [1.807, 2.05) is 6.07 Å². The third-order valence-corrected chi connectivity index (χ3v) is 5.01. The van der Waals surface area contributed by atoms with E-state index < -0.39 is 0 Å². The fourth-order valence-corrected chi connectivity index (χ4v) is 4.04. The average Bonchev–Trinajstić information content (AvgIpc) is 2.87. The van der Waals surface area contributed by atoms with Crippen LogP contribution in [0.3, 0.4) is 0 Å². The van der Waals surface area contributed by atoms with Crippen LogP contribution in [-0.4, -0.2) is 31.1 Å². The largest absolute Gasteiger partial charge is 0.316 e. The van der Waals surface area contributed by atoms with Gasteiger partial charge in [0, 0.05) is 18.0 Å². The number of rotatable bonds is 2. The van der Waals surface area contributed by atoms with Crippen molar-refractivity contribution in [3.8, 4) is 0 Å². The van der Waals surface area contributed by atoms with Crippen molar-refractivity contribution < 1.29 is 0 Å². The summed E-state index contributed by atoms with van der Waals surface area (Å²) in [5.41, 5.74) is 0. The minimum Gasteiger partial charge on any atom is -0.316 e. The molecule has 2 aliphatic rings. The molecule has 1 N–H and O–H groups in total. The Kier molecular flexibility index (Phi) is 3.20. The maximum absolute atomic E-state index is 5.96. The molecule has 3 heterocycles. The molecule has 2 fully saturated rings. The van der Waals surface area contributed by atoms with Gasteiger partial charge in [-0.05, 0) is 50.0 Å². The van der Waals surface area contributed by atoms with Gasteiger partial charge in [-0.3, -0.25) is 4.90 Å². The van der Waals surface area contributed by atoms with Crippen LogP contribution in [0.25, 0.3) is 0 Å². The first-order chi connectivity index (χ1) is 7.81. The van der Waals surface area contributed by atoms with E-state index in [9.17, 15) is 0 Å². The Labute approximate surface area is 106 Å². The summed E-state index contributed by atoms with van der Waals surface area (Å²) in [5, 5.41) is 3.51. The molecule has 88 valence electrons. The highest BCUT2D eigenvalue weighted by atomic mass is 35.5. The Hall–Kier alpha value is -0.0900. The molecular weight excluding hydrogens is 240 g/mol. The number of hydrogen-bond donors (Lipinski definition) is 1. The van der Waals surface area contributed by atoms with Crippen molar-refractivity contribution in [1.82, 2.24) is 10.2 Å². The standard InChI is InChI=1S/C12H17ClN2S/c13-12-2-1-11(16-12)8-15-4-3-9-5-14-6-10(9)7-15/h1-2,9-10,14H,3-8H2. The second kappa shape index (κ2) is 4.65. The summed E-state index contributed by atoms with van der Waals surface area (Å²) in [5.74, 6) is 1.81. The van der Waals surface area contributed by atoms with Crippen LogP contribution in [0.2, 0.25) is 4.34 Å². The summed E-state index contributed by atoms with van der Waals surface area (Å²) in [4.78, 5) is 3.98. The molecule has 2 nitrogen and oxygen atoms in total. The van der Waals surface area contributed by atoms with Crippen molar-refractivity contribution in [1.29, 1.82) is 0 Å². The number of likely N-dealkylation sites (tertiary alicyclic amines) is 1. The molecule has 2 atom stereocenters. The lowest BCUT2D eigenvalue weighted by molar-refractivity contribution is 0.143. The number of nitrogens with zero attached hydrogens (tertiary/aromatic N) is 1. The number of halogens is 1. The van der Waals surface area contributed by atoms with Crippen LogP contribution in [0.5, 0.6) is 0 Å². The molecular formula is C12H17ClN2S. The number of nitrogens with one attached hydrogen (secondary N) is 1. The number of hydrogen-bond acceptors (Lipinski definition) is 3. The van der Waals surface area contributed by atoms with Gasteiger partial charge in [0.1, 0.15) is 0 Å². The van der Waals surface area contributed by atoms with Crippen LogP contribution in [-0.2, 0) is 6.54 Å². The highest BCUT2D eigenvalue weighted by Crippen LogP contribution is 2.29. The quantitative estimate of drug-likeness (QED) is 0.875. The summed E-state index contributed by atoms with van der Waals surface area (Å²) in [6, 6.07) is 4.16. The van der Waals surface area contributed by atoms with Crippen molar-refractivity contribution in [2.45, 2.75) is 13.0 Å². The van der Waals surface area contributed by atoms with E-state index in [0.29, 0.717) is 0 Å². The summed E-state index contributed by atoms with van der Waals surface area (Å²) in [6.07, 6.45) is 1.36. The van der Waals surface area contributed by atoms with E-state index in [4.69, 9.17) is 11.6 Å². The van der Waals surface area contributed by atoms with Crippen LogP contribution < -0.4 is 5.32 Å². The van der Waals surface area contributed by atoms with Crippen LogP contribution >= 0.6 is 22.9 Å². The minimum absolute atomic E-state index is 0.879. The zero-order chi connectivity index (χ0) is 11.0. The molecule has 0 radical (unpaired) electrons. The Morgan fingerprint density at radius 3 is 3.06 bits per heavy atom. The van der Waals surface area contributed by atoms with Gasteiger partial charge in [0.2, 0.25) is 0 Å². The second-order valence-corrected chi connectivity index (χ2v) is 6.71. The molecule has 2 unspecified atom stereocenters. The summed E-state index contributed by atoms with van der Waals surface area (Å²) in [7, 11) is 0. The highest BCUT2D eigenvalue weighted by Gasteiger charge is 2.32. The van der Waals surface area contributed by atoms with Gasteiger partial charge in [-0.15, -0.1) is 11.3 Å². The van der Waals surface area contributed by atoms with Gasteiger partial charge in [0.25, 0.3) is 0 Å². The van der Waals surface area contributed by atoms with Crippen molar-refractivity contribution in [3.05, 3.63) is 21.3 Å². The Bertz CT molecular complexity index is 366. The Balaban J connectivity index is 1.60. The van der Waals surface area contributed by atoms with E-state index in [0.717, 1.165) is 22.7 Å². The summed E-state index contributed by atoms with van der Waals surface area (Å²) >= 11 is 7.67. The molecule has 0 saturated carbocycles. The van der Waals surface area contributed by atoms with Crippen molar-refractivity contribution in [2.75, 3.05) is 26.2 Å². The fraction of sp³-hybridized carbons (Fsp3) is 0.667. The van der Waals surface area contributed by atoms with Gasteiger partial charge in [0.15, 0.2) is 0 Å². The van der Waals surface area contributed by atoms with Crippen LogP contribution in [0.15, 0.2) is 12.1 Å². The molecule has 0 aromatic carbocycles. The third kappa shape index (κ3) is 2.28. The summed E-state index contributed by atoms with van der Waals surface area (Å²) in [6.45, 7) is 6.04. The van der Waals surface area contributed by atoms with Gasteiger partial charge in [-0.1, -0.05) is 11.6 Å². The molecule has 3 rings (SSSR count). The Morgan fingerprint density at radius 2 is 2.25 bits per heavy atom. The fourth-order valence-electron chi connectivity index (χ4n) is 2.91. The van der Waals surface area contributed by atoms with E-state index in [1.54, 1.807) is 11.3 Å². The summed E-state index contributed by atoms with van der Waals surface area (Å²) < 4.78 is 0.910. The average molecular weight is 257 g/mol. The molecule has 16 heavy (non-hydrogen) atoms. The lowest BCUT2D eigenvalue weighted by Gasteiger charge is -2.34. The van der Waals surface area contributed by atoms with Crippen LogP contribution in [0.4, 0.5) is 0 Å². The van der Waals surface area contributed by atoms with Crippen molar-refractivity contribution in [2.24, 2.45) is 11.8 Å². The minimum atomic E-state index is 0.879. The van der Waals surface area contributed by atoms with E-state index in [1.165, 1.54) is 37.5 Å². The number of fused-ring (bicyclic) bond motifs is 1. The smallest absolute Gasteiger partial charge is 0.0931 e. The topological polar surface area (TPSA) is 15.3 Å². The van der Waals surface area contributed by atoms with Gasteiger partial charge in [0.05, 0.1) is 4.34 Å². The normalized spacial score (nSPS) is 30.6. The molecule has 0 spiro atoms. The van der Waals surface area contributed by atoms with E-state index >= 15 is 0 Å². The first kappa shape index (κ1) is 11.0. The van der Waals surface area contributed by atoms with Crippen LogP contribution in [0, 0.1) is 11.8 Å². The third-order valence-electron chi connectivity index (χ3n) is 3.80.